The number of nitrogens with zero attached hydrogens (tertiary/aromatic N) is 1. The number of para-hydroxylation sites is 1. The van der Waals surface area contributed by atoms with Gasteiger partial charge in [-0.3, -0.25) is 0 Å². The van der Waals surface area contributed by atoms with E-state index < -0.39 is 0 Å². The number of hydrogen-bond acceptors (Lipinski definition) is 3. The number of anilines is 1. The topological polar surface area (TPSA) is 24.5 Å². The fourth-order valence-electron chi connectivity index (χ4n) is 3.14. The maximum atomic E-state index is 6.39. The molecule has 4 heteroatoms. The Morgan fingerprint density at radius 1 is 1.13 bits per heavy atom. The molecule has 2 aromatic carbocycles. The number of ether oxygens (including phenoxy) is 1. The highest BCUT2D eigenvalue weighted by molar-refractivity contribution is 6.33. The first kappa shape index (κ1) is 16.3. The molecule has 0 saturated heterocycles. The summed E-state index contributed by atoms with van der Waals surface area (Å²) in [5.74, 6) is 0. The second kappa shape index (κ2) is 7.82. The van der Waals surface area contributed by atoms with Crippen LogP contribution in [0.25, 0.3) is 0 Å². The molecular formula is C19H23ClN2O. The maximum absolute atomic E-state index is 6.39. The lowest BCUT2D eigenvalue weighted by Crippen LogP contribution is -2.45. The van der Waals surface area contributed by atoms with Crippen LogP contribution in [0.2, 0.25) is 5.02 Å². The molecule has 2 aromatic rings. The summed E-state index contributed by atoms with van der Waals surface area (Å²) in [4.78, 5) is 2.32. The van der Waals surface area contributed by atoms with E-state index in [1.807, 2.05) is 18.2 Å². The van der Waals surface area contributed by atoms with Crippen molar-refractivity contribution in [2.75, 3.05) is 31.7 Å². The lowest BCUT2D eigenvalue weighted by molar-refractivity contribution is 0.204. The van der Waals surface area contributed by atoms with Gasteiger partial charge >= 0.3 is 0 Å². The molecule has 0 fully saturated rings. The standard InChI is InChI=1S/C19H23ClN2O/c1-23-11-10-22(19-9-5-4-8-18(19)20)14-17-12-15-6-2-3-7-16(15)13-21-17/h2-9,17,21H,10-14H2,1H3. The van der Waals surface area contributed by atoms with Crippen LogP contribution in [0.1, 0.15) is 11.1 Å². The van der Waals surface area contributed by atoms with Crippen molar-refractivity contribution in [1.82, 2.24) is 5.32 Å². The number of benzene rings is 2. The summed E-state index contributed by atoms with van der Waals surface area (Å²) in [6.45, 7) is 3.37. The molecule has 23 heavy (non-hydrogen) atoms. The number of rotatable bonds is 6. The zero-order valence-corrected chi connectivity index (χ0v) is 14.2. The van der Waals surface area contributed by atoms with Crippen LogP contribution in [-0.2, 0) is 17.7 Å². The summed E-state index contributed by atoms with van der Waals surface area (Å²) >= 11 is 6.39. The molecule has 0 amide bonds. The van der Waals surface area contributed by atoms with E-state index in [0.717, 1.165) is 36.8 Å². The molecule has 0 aliphatic carbocycles. The fraction of sp³-hybridized carbons (Fsp3) is 0.368. The average Bonchev–Trinajstić information content (AvgIpc) is 2.59. The Balaban J connectivity index is 1.73. The van der Waals surface area contributed by atoms with Crippen LogP contribution in [0, 0.1) is 0 Å². The van der Waals surface area contributed by atoms with Gasteiger partial charge in [0.25, 0.3) is 0 Å². The van der Waals surface area contributed by atoms with E-state index in [2.05, 4.69) is 40.5 Å². The minimum absolute atomic E-state index is 0.415. The van der Waals surface area contributed by atoms with Gasteiger partial charge < -0.3 is 15.0 Å². The molecule has 3 rings (SSSR count). The van der Waals surface area contributed by atoms with Crippen molar-refractivity contribution in [2.45, 2.75) is 19.0 Å². The Morgan fingerprint density at radius 3 is 2.65 bits per heavy atom. The van der Waals surface area contributed by atoms with Crippen LogP contribution in [0.5, 0.6) is 0 Å². The van der Waals surface area contributed by atoms with Gasteiger partial charge in [-0.1, -0.05) is 48.0 Å². The van der Waals surface area contributed by atoms with E-state index >= 15 is 0 Å². The van der Waals surface area contributed by atoms with Crippen molar-refractivity contribution < 1.29 is 4.74 Å². The van der Waals surface area contributed by atoms with Crippen molar-refractivity contribution in [1.29, 1.82) is 0 Å². The molecule has 1 aliphatic heterocycles. The SMILES string of the molecule is COCCN(CC1Cc2ccccc2CN1)c1ccccc1Cl. The third-order valence-electron chi connectivity index (χ3n) is 4.37. The number of fused-ring (bicyclic) bond motifs is 1. The number of nitrogens with one attached hydrogen (secondary N) is 1. The molecule has 1 heterocycles. The minimum Gasteiger partial charge on any atom is -0.383 e. The van der Waals surface area contributed by atoms with Crippen molar-refractivity contribution in [3.8, 4) is 0 Å². The summed E-state index contributed by atoms with van der Waals surface area (Å²) in [6, 6.07) is 17.1. The van der Waals surface area contributed by atoms with Crippen LogP contribution in [-0.4, -0.2) is 32.8 Å². The Morgan fingerprint density at radius 2 is 1.87 bits per heavy atom. The van der Waals surface area contributed by atoms with Gasteiger partial charge in [0.1, 0.15) is 0 Å². The lowest BCUT2D eigenvalue weighted by Gasteiger charge is -2.33. The first-order valence-corrected chi connectivity index (χ1v) is 8.44. The zero-order valence-electron chi connectivity index (χ0n) is 13.5. The van der Waals surface area contributed by atoms with E-state index in [1.54, 1.807) is 7.11 Å². The molecule has 0 radical (unpaired) electrons. The summed E-state index contributed by atoms with van der Waals surface area (Å²) in [6.07, 6.45) is 1.05. The number of hydrogen-bond donors (Lipinski definition) is 1. The Bertz CT molecular complexity index is 647. The fourth-order valence-corrected chi connectivity index (χ4v) is 3.39. The van der Waals surface area contributed by atoms with Gasteiger partial charge in [-0.15, -0.1) is 0 Å². The Kier molecular flexibility index (Phi) is 5.55. The highest BCUT2D eigenvalue weighted by Gasteiger charge is 2.21. The molecule has 1 unspecified atom stereocenters. The summed E-state index contributed by atoms with van der Waals surface area (Å²) in [7, 11) is 1.74. The molecule has 1 atom stereocenters. The smallest absolute Gasteiger partial charge is 0.0639 e. The van der Waals surface area contributed by atoms with Gasteiger partial charge in [-0.25, -0.2) is 0 Å². The summed E-state index contributed by atoms with van der Waals surface area (Å²) in [5, 5.41) is 4.44. The lowest BCUT2D eigenvalue weighted by atomic mass is 9.95. The second-order valence-electron chi connectivity index (χ2n) is 5.94. The minimum atomic E-state index is 0.415. The van der Waals surface area contributed by atoms with Gasteiger partial charge in [-0.2, -0.15) is 0 Å². The van der Waals surface area contributed by atoms with E-state index in [4.69, 9.17) is 16.3 Å². The van der Waals surface area contributed by atoms with E-state index in [0.29, 0.717) is 12.6 Å². The van der Waals surface area contributed by atoms with Crippen molar-refractivity contribution in [2.24, 2.45) is 0 Å². The van der Waals surface area contributed by atoms with Crippen LogP contribution in [0.4, 0.5) is 5.69 Å². The average molecular weight is 331 g/mol. The van der Waals surface area contributed by atoms with E-state index in [1.165, 1.54) is 11.1 Å². The third-order valence-corrected chi connectivity index (χ3v) is 4.68. The first-order chi connectivity index (χ1) is 11.3. The molecule has 1 N–H and O–H groups in total. The van der Waals surface area contributed by atoms with Gasteiger partial charge in [0.05, 0.1) is 17.3 Å². The van der Waals surface area contributed by atoms with Gasteiger partial charge in [-0.05, 0) is 29.7 Å². The Hall–Kier alpha value is -1.55. The zero-order chi connectivity index (χ0) is 16.1. The molecule has 0 spiro atoms. The predicted octanol–water partition coefficient (Wildman–Crippen LogP) is 3.51. The van der Waals surface area contributed by atoms with Crippen molar-refractivity contribution in [3.05, 3.63) is 64.7 Å². The molecule has 0 bridgehead atoms. The number of methoxy groups -OCH3 is 1. The van der Waals surface area contributed by atoms with Crippen LogP contribution < -0.4 is 10.2 Å². The van der Waals surface area contributed by atoms with E-state index in [9.17, 15) is 0 Å². The van der Waals surface area contributed by atoms with Crippen molar-refractivity contribution >= 4 is 17.3 Å². The van der Waals surface area contributed by atoms with Gasteiger partial charge in [0.15, 0.2) is 0 Å². The molecule has 122 valence electrons. The normalized spacial score (nSPS) is 16.9. The predicted molar refractivity (Wildman–Crippen MR) is 96.3 cm³/mol. The van der Waals surface area contributed by atoms with Gasteiger partial charge in [0, 0.05) is 32.8 Å². The molecule has 3 nitrogen and oxygen atoms in total. The van der Waals surface area contributed by atoms with Gasteiger partial charge in [0.2, 0.25) is 0 Å². The largest absolute Gasteiger partial charge is 0.383 e. The summed E-state index contributed by atoms with van der Waals surface area (Å²) < 4.78 is 5.27. The van der Waals surface area contributed by atoms with Crippen LogP contribution in [0.15, 0.2) is 48.5 Å². The quantitative estimate of drug-likeness (QED) is 0.877. The van der Waals surface area contributed by atoms with E-state index in [-0.39, 0.29) is 0 Å². The molecule has 0 saturated carbocycles. The summed E-state index contributed by atoms with van der Waals surface area (Å²) in [5.41, 5.74) is 3.93. The van der Waals surface area contributed by atoms with Crippen molar-refractivity contribution in [3.63, 3.8) is 0 Å². The Labute approximate surface area is 143 Å². The monoisotopic (exact) mass is 330 g/mol. The second-order valence-corrected chi connectivity index (χ2v) is 6.35. The number of halogens is 1. The first-order valence-electron chi connectivity index (χ1n) is 8.06. The molecule has 1 aliphatic rings. The molecular weight excluding hydrogens is 308 g/mol. The third kappa shape index (κ3) is 4.05. The highest BCUT2D eigenvalue weighted by atomic mass is 35.5. The molecule has 0 aromatic heterocycles. The highest BCUT2D eigenvalue weighted by Crippen LogP contribution is 2.26. The van der Waals surface area contributed by atoms with Crippen LogP contribution in [0.3, 0.4) is 0 Å². The van der Waals surface area contributed by atoms with Crippen LogP contribution >= 0.6 is 11.6 Å². The maximum Gasteiger partial charge on any atom is 0.0639 e.